The van der Waals surface area contributed by atoms with Crippen LogP contribution in [0.2, 0.25) is 0 Å². The van der Waals surface area contributed by atoms with E-state index in [1.165, 1.54) is 6.92 Å². The van der Waals surface area contributed by atoms with Crippen molar-refractivity contribution in [3.05, 3.63) is 17.4 Å². The number of ketones is 1. The Morgan fingerprint density at radius 2 is 1.83 bits per heavy atom. The van der Waals surface area contributed by atoms with Gasteiger partial charge >= 0.3 is 6.03 Å². The second-order valence-electron chi connectivity index (χ2n) is 7.66. The lowest BCUT2D eigenvalue weighted by Gasteiger charge is -2.35. The van der Waals surface area contributed by atoms with Crippen LogP contribution in [0.4, 0.5) is 4.79 Å². The fraction of sp³-hybridized carbons (Fsp3) is 0.667. The van der Waals surface area contributed by atoms with Crippen molar-refractivity contribution in [2.45, 2.75) is 60.0 Å². The number of primary amides is 1. The third-order valence-electron chi connectivity index (χ3n) is 4.13. The van der Waals surface area contributed by atoms with E-state index in [1.54, 1.807) is 4.90 Å². The summed E-state index contributed by atoms with van der Waals surface area (Å²) in [6.45, 7) is 11.4. The molecule has 0 aromatic rings. The van der Waals surface area contributed by atoms with Crippen LogP contribution < -0.4 is 11.1 Å². The molecule has 3 amide bonds. The van der Waals surface area contributed by atoms with Crippen LogP contribution >= 0.6 is 0 Å². The van der Waals surface area contributed by atoms with E-state index in [0.717, 1.165) is 5.57 Å². The lowest BCUT2D eigenvalue weighted by atomic mass is 9.85. The first-order valence-corrected chi connectivity index (χ1v) is 8.22. The molecule has 134 valence electrons. The molecule has 0 aliphatic carbocycles. The monoisotopic (exact) mass is 335 g/mol. The molecule has 3 N–H and O–H groups in total. The van der Waals surface area contributed by atoms with Gasteiger partial charge in [0.2, 0.25) is 5.91 Å². The first-order chi connectivity index (χ1) is 10.9. The molecule has 0 spiro atoms. The van der Waals surface area contributed by atoms with Crippen molar-refractivity contribution in [3.8, 4) is 0 Å². The van der Waals surface area contributed by atoms with Crippen molar-refractivity contribution in [3.63, 3.8) is 0 Å². The molecule has 0 bridgehead atoms. The number of carbonyl (C=O) groups excluding carboxylic acids is 3. The molecule has 1 rings (SSSR count). The van der Waals surface area contributed by atoms with Crippen molar-refractivity contribution in [2.75, 3.05) is 6.54 Å². The molecule has 0 unspecified atom stereocenters. The van der Waals surface area contributed by atoms with E-state index < -0.39 is 23.5 Å². The third kappa shape index (κ3) is 4.96. The van der Waals surface area contributed by atoms with Gasteiger partial charge in [0, 0.05) is 12.5 Å². The summed E-state index contributed by atoms with van der Waals surface area (Å²) in [5, 5.41) is 2.53. The highest BCUT2D eigenvalue weighted by Crippen LogP contribution is 2.30. The molecule has 1 saturated heterocycles. The molecule has 1 fully saturated rings. The number of urea groups is 1. The van der Waals surface area contributed by atoms with E-state index in [1.807, 2.05) is 40.7 Å². The summed E-state index contributed by atoms with van der Waals surface area (Å²) in [5.74, 6) is -0.394. The fourth-order valence-corrected chi connectivity index (χ4v) is 2.99. The molecular formula is C18H29N3O3. The fourth-order valence-electron chi connectivity index (χ4n) is 2.99. The standard InChI is InChI=1S/C18H29N3O3/c1-11(2)7-8-13-9-10-21(14(13)12(3)22)16(23)15(18(4,5)6)20-17(19)24/h8,13-15H,9-10H2,1-6H3,(H3,19,20,24)/t13-,14+,15+/m0/s1. The van der Waals surface area contributed by atoms with E-state index >= 15 is 0 Å². The Labute approximate surface area is 144 Å². The molecule has 1 aliphatic rings. The molecule has 3 atom stereocenters. The summed E-state index contributed by atoms with van der Waals surface area (Å²) in [5.41, 5.74) is 8.86. The number of rotatable bonds is 4. The Balaban J connectivity index is 3.13. The Morgan fingerprint density at radius 3 is 2.25 bits per heavy atom. The number of nitrogens with zero attached hydrogens (tertiary/aromatic N) is 1. The van der Waals surface area contributed by atoms with Crippen molar-refractivity contribution >= 4 is 17.7 Å². The Hall–Kier alpha value is -2.07. The van der Waals surface area contributed by atoms with Gasteiger partial charge in [-0.1, -0.05) is 20.8 Å². The SMILES string of the molecule is CC(=O)[C@@H]1[C@@H](C=C=C(C)C)CCN1C(=O)[C@@H](NC(N)=O)C(C)(C)C. The number of likely N-dealkylation sites (tertiary alicyclic amines) is 1. The maximum atomic E-state index is 13.0. The largest absolute Gasteiger partial charge is 0.352 e. The summed E-state index contributed by atoms with van der Waals surface area (Å²) in [6.07, 6.45) is 2.58. The topological polar surface area (TPSA) is 92.5 Å². The number of carbonyl (C=O) groups is 3. The van der Waals surface area contributed by atoms with Gasteiger partial charge in [-0.3, -0.25) is 9.59 Å². The van der Waals surface area contributed by atoms with Gasteiger partial charge in [0.15, 0.2) is 5.78 Å². The number of nitrogens with two attached hydrogens (primary N) is 1. The number of amides is 3. The minimum absolute atomic E-state index is 0.0597. The summed E-state index contributed by atoms with van der Waals surface area (Å²) in [4.78, 5) is 38.0. The van der Waals surface area contributed by atoms with Gasteiger partial charge in [0.1, 0.15) is 6.04 Å². The van der Waals surface area contributed by atoms with E-state index in [2.05, 4.69) is 11.0 Å². The number of hydrogen-bond acceptors (Lipinski definition) is 3. The smallest absolute Gasteiger partial charge is 0.312 e. The normalized spacial score (nSPS) is 21.7. The molecule has 1 aliphatic heterocycles. The van der Waals surface area contributed by atoms with Crippen molar-refractivity contribution in [1.29, 1.82) is 0 Å². The quantitative estimate of drug-likeness (QED) is 0.770. The zero-order chi connectivity index (χ0) is 18.7. The average molecular weight is 335 g/mol. The van der Waals surface area contributed by atoms with Crippen LogP contribution in [0.1, 0.15) is 48.0 Å². The number of Topliss-reactive ketones (excluding diaryl/α,β-unsaturated/α-hetero) is 1. The summed E-state index contributed by atoms with van der Waals surface area (Å²) < 4.78 is 0. The molecule has 0 radical (unpaired) electrons. The van der Waals surface area contributed by atoms with Crippen molar-refractivity contribution < 1.29 is 14.4 Å². The molecular weight excluding hydrogens is 306 g/mol. The van der Waals surface area contributed by atoms with Crippen LogP contribution in [0.5, 0.6) is 0 Å². The van der Waals surface area contributed by atoms with E-state index in [0.29, 0.717) is 13.0 Å². The summed E-state index contributed by atoms with van der Waals surface area (Å²) >= 11 is 0. The highest BCUT2D eigenvalue weighted by Gasteiger charge is 2.44. The van der Waals surface area contributed by atoms with Crippen LogP contribution in [0, 0.1) is 11.3 Å². The highest BCUT2D eigenvalue weighted by molar-refractivity contribution is 5.93. The van der Waals surface area contributed by atoms with Gasteiger partial charge in [0.25, 0.3) is 0 Å². The first kappa shape index (κ1) is 20.0. The second-order valence-corrected chi connectivity index (χ2v) is 7.66. The van der Waals surface area contributed by atoms with Gasteiger partial charge in [-0.05, 0) is 44.3 Å². The third-order valence-corrected chi connectivity index (χ3v) is 4.13. The van der Waals surface area contributed by atoms with Crippen LogP contribution in [0.3, 0.4) is 0 Å². The first-order valence-electron chi connectivity index (χ1n) is 8.22. The summed E-state index contributed by atoms with van der Waals surface area (Å²) in [6, 6.07) is -2.05. The van der Waals surface area contributed by atoms with Gasteiger partial charge in [-0.25, -0.2) is 4.79 Å². The number of nitrogens with one attached hydrogen (secondary N) is 1. The van der Waals surface area contributed by atoms with Crippen LogP contribution in [-0.2, 0) is 9.59 Å². The minimum Gasteiger partial charge on any atom is -0.352 e. The van der Waals surface area contributed by atoms with Gasteiger partial charge < -0.3 is 16.0 Å². The Morgan fingerprint density at radius 1 is 1.25 bits per heavy atom. The Bertz CT molecular complexity index is 579. The molecule has 0 aromatic heterocycles. The van der Waals surface area contributed by atoms with E-state index in [-0.39, 0.29) is 17.6 Å². The number of hydrogen-bond donors (Lipinski definition) is 2. The van der Waals surface area contributed by atoms with Crippen molar-refractivity contribution in [1.82, 2.24) is 10.2 Å². The maximum Gasteiger partial charge on any atom is 0.312 e. The van der Waals surface area contributed by atoms with Crippen molar-refractivity contribution in [2.24, 2.45) is 17.1 Å². The van der Waals surface area contributed by atoms with Crippen LogP contribution in [-0.4, -0.2) is 41.2 Å². The second kappa shape index (κ2) is 7.67. The zero-order valence-corrected chi connectivity index (χ0v) is 15.5. The Kier molecular flexibility index (Phi) is 6.38. The molecule has 24 heavy (non-hydrogen) atoms. The molecule has 6 nitrogen and oxygen atoms in total. The van der Waals surface area contributed by atoms with E-state index in [4.69, 9.17) is 5.73 Å². The predicted octanol–water partition coefficient (Wildman–Crippen LogP) is 2.00. The van der Waals surface area contributed by atoms with Crippen LogP contribution in [0.25, 0.3) is 0 Å². The highest BCUT2D eigenvalue weighted by atomic mass is 16.2. The predicted molar refractivity (Wildman–Crippen MR) is 93.2 cm³/mol. The molecule has 1 heterocycles. The van der Waals surface area contributed by atoms with Gasteiger partial charge in [-0.15, -0.1) is 5.73 Å². The lowest BCUT2D eigenvalue weighted by molar-refractivity contribution is -0.141. The van der Waals surface area contributed by atoms with Crippen LogP contribution in [0.15, 0.2) is 17.4 Å². The maximum absolute atomic E-state index is 13.0. The summed E-state index contributed by atoms with van der Waals surface area (Å²) in [7, 11) is 0. The zero-order valence-electron chi connectivity index (χ0n) is 15.5. The van der Waals surface area contributed by atoms with E-state index in [9.17, 15) is 14.4 Å². The molecule has 6 heteroatoms. The minimum atomic E-state index is -0.775. The molecule has 0 saturated carbocycles. The average Bonchev–Trinajstić information content (AvgIpc) is 2.84. The lowest BCUT2D eigenvalue weighted by Crippen LogP contribution is -2.57. The van der Waals surface area contributed by atoms with Gasteiger partial charge in [0.05, 0.1) is 6.04 Å². The molecule has 0 aromatic carbocycles. The van der Waals surface area contributed by atoms with Gasteiger partial charge in [-0.2, -0.15) is 0 Å².